The number of aliphatic imine (C=N–C) groups is 1. The Kier molecular flexibility index (Phi) is 8.97. The van der Waals surface area contributed by atoms with Crippen LogP contribution in [0.4, 0.5) is 13.2 Å². The molecule has 1 aliphatic heterocycles. The molecule has 0 saturated carbocycles. The SMILES string of the molecule is Cc1c(S(=O)(=O)N[C@H]2CCN(CN=C(N)c3ccccn3)C2=O)sc2ccc(Cl)cc12.O=C(O)C(F)(F)F. The number of rotatable bonds is 6. The number of likely N-dealkylation sites (tertiary alicyclic amines) is 1. The third-order valence-corrected chi connectivity index (χ3v) is 8.87. The quantitative estimate of drug-likeness (QED) is 0.294. The van der Waals surface area contributed by atoms with Gasteiger partial charge in [0, 0.05) is 22.5 Å². The minimum atomic E-state index is -5.08. The highest BCUT2D eigenvalue weighted by Gasteiger charge is 2.38. The van der Waals surface area contributed by atoms with Crippen molar-refractivity contribution >= 4 is 60.8 Å². The van der Waals surface area contributed by atoms with Crippen molar-refractivity contribution in [3.8, 4) is 0 Å². The molecule has 16 heteroatoms. The van der Waals surface area contributed by atoms with Crippen LogP contribution in [0.3, 0.4) is 0 Å². The summed E-state index contributed by atoms with van der Waals surface area (Å²) in [5, 5.41) is 8.45. The molecule has 1 fully saturated rings. The fourth-order valence-electron chi connectivity index (χ4n) is 3.41. The monoisotopic (exact) mass is 591 g/mol. The second-order valence-electron chi connectivity index (χ2n) is 7.92. The number of carbonyl (C=O) groups excluding carboxylic acids is 1. The van der Waals surface area contributed by atoms with Crippen LogP contribution in [0.15, 0.2) is 51.8 Å². The molecule has 4 N–H and O–H groups in total. The highest BCUT2D eigenvalue weighted by atomic mass is 35.5. The molecule has 0 spiro atoms. The number of hydrogen-bond acceptors (Lipinski definition) is 7. The lowest BCUT2D eigenvalue weighted by molar-refractivity contribution is -0.192. The number of carbonyl (C=O) groups is 2. The predicted molar refractivity (Wildman–Crippen MR) is 136 cm³/mol. The second-order valence-corrected chi connectivity index (χ2v) is 11.3. The number of nitrogens with one attached hydrogen (secondary N) is 1. The van der Waals surface area contributed by atoms with Crippen molar-refractivity contribution in [3.05, 3.63) is 58.9 Å². The van der Waals surface area contributed by atoms with Crippen LogP contribution < -0.4 is 10.5 Å². The van der Waals surface area contributed by atoms with Gasteiger partial charge < -0.3 is 15.7 Å². The molecule has 2 aromatic heterocycles. The summed E-state index contributed by atoms with van der Waals surface area (Å²) in [6, 6.07) is 9.70. The largest absolute Gasteiger partial charge is 0.490 e. The van der Waals surface area contributed by atoms with Crippen LogP contribution in [0.2, 0.25) is 5.02 Å². The van der Waals surface area contributed by atoms with Crippen molar-refractivity contribution in [2.24, 2.45) is 10.7 Å². The van der Waals surface area contributed by atoms with Gasteiger partial charge in [-0.05, 0) is 54.6 Å². The summed E-state index contributed by atoms with van der Waals surface area (Å²) < 4.78 is 61.3. The number of thiophene rings is 1. The van der Waals surface area contributed by atoms with E-state index >= 15 is 0 Å². The summed E-state index contributed by atoms with van der Waals surface area (Å²) in [5.41, 5.74) is 7.06. The smallest absolute Gasteiger partial charge is 0.475 e. The third-order valence-electron chi connectivity index (χ3n) is 5.27. The molecular formula is C22H21ClF3N5O5S2. The molecule has 0 unspecified atom stereocenters. The van der Waals surface area contributed by atoms with Gasteiger partial charge in [-0.3, -0.25) is 9.78 Å². The molecule has 0 radical (unpaired) electrons. The van der Waals surface area contributed by atoms with Gasteiger partial charge in [-0.25, -0.2) is 18.2 Å². The van der Waals surface area contributed by atoms with Crippen LogP contribution in [0.1, 0.15) is 17.7 Å². The average Bonchev–Trinajstić information content (AvgIpc) is 3.37. The number of aryl methyl sites for hydroxylation is 1. The number of amides is 1. The average molecular weight is 592 g/mol. The van der Waals surface area contributed by atoms with E-state index < -0.39 is 28.2 Å². The van der Waals surface area contributed by atoms with E-state index in [4.69, 9.17) is 27.2 Å². The van der Waals surface area contributed by atoms with Crippen molar-refractivity contribution in [2.45, 2.75) is 29.8 Å². The van der Waals surface area contributed by atoms with E-state index in [-0.39, 0.29) is 22.6 Å². The normalized spacial score (nSPS) is 16.4. The first-order valence-corrected chi connectivity index (χ1v) is 13.4. The van der Waals surface area contributed by atoms with Gasteiger partial charge in [0.2, 0.25) is 5.91 Å². The van der Waals surface area contributed by atoms with Crippen LogP contribution in [0, 0.1) is 6.92 Å². The summed E-state index contributed by atoms with van der Waals surface area (Å²) in [5.74, 6) is -2.87. The van der Waals surface area contributed by atoms with E-state index in [0.717, 1.165) is 21.4 Å². The van der Waals surface area contributed by atoms with E-state index in [2.05, 4.69) is 14.7 Å². The molecule has 0 aliphatic carbocycles. The van der Waals surface area contributed by atoms with Gasteiger partial charge in [0.1, 0.15) is 28.4 Å². The molecule has 3 aromatic rings. The van der Waals surface area contributed by atoms with Crippen molar-refractivity contribution in [1.29, 1.82) is 0 Å². The maximum Gasteiger partial charge on any atom is 0.490 e. The summed E-state index contributed by atoms with van der Waals surface area (Å²) in [4.78, 5) is 31.4. The number of sulfonamides is 1. The number of aromatic nitrogens is 1. The number of fused-ring (bicyclic) bond motifs is 1. The minimum Gasteiger partial charge on any atom is -0.475 e. The highest BCUT2D eigenvalue weighted by Crippen LogP contribution is 2.35. The van der Waals surface area contributed by atoms with Crippen LogP contribution in [-0.2, 0) is 19.6 Å². The molecular weight excluding hydrogens is 571 g/mol. The van der Waals surface area contributed by atoms with Crippen molar-refractivity contribution < 1.29 is 36.3 Å². The number of alkyl halides is 3. The molecule has 1 aliphatic rings. The predicted octanol–water partition coefficient (Wildman–Crippen LogP) is 3.13. The Morgan fingerprint density at radius 3 is 2.63 bits per heavy atom. The number of pyridine rings is 1. The first-order chi connectivity index (χ1) is 17.7. The van der Waals surface area contributed by atoms with Crippen molar-refractivity contribution in [2.75, 3.05) is 13.2 Å². The summed E-state index contributed by atoms with van der Waals surface area (Å²) >= 11 is 7.20. The fraction of sp³-hybridized carbons (Fsp3) is 0.273. The van der Waals surface area contributed by atoms with Gasteiger partial charge in [-0.15, -0.1) is 11.3 Å². The first-order valence-electron chi connectivity index (χ1n) is 10.7. The van der Waals surface area contributed by atoms with Crippen LogP contribution in [0.25, 0.3) is 10.1 Å². The van der Waals surface area contributed by atoms with E-state index in [9.17, 15) is 26.4 Å². The second kappa shape index (κ2) is 11.6. The number of nitrogens with two attached hydrogens (primary N) is 1. The Balaban J connectivity index is 0.000000505. The summed E-state index contributed by atoms with van der Waals surface area (Å²) in [7, 11) is -3.87. The molecule has 0 bridgehead atoms. The number of carboxylic acid groups (broad SMARTS) is 1. The minimum absolute atomic E-state index is 0.0416. The molecule has 10 nitrogen and oxygen atoms in total. The van der Waals surface area contributed by atoms with Crippen molar-refractivity contribution in [3.63, 3.8) is 0 Å². The number of benzene rings is 1. The lowest BCUT2D eigenvalue weighted by Crippen LogP contribution is -2.41. The Morgan fingerprint density at radius 1 is 1.34 bits per heavy atom. The van der Waals surface area contributed by atoms with Gasteiger partial charge in [0.25, 0.3) is 10.0 Å². The number of aliphatic carboxylic acids is 1. The van der Waals surface area contributed by atoms with Gasteiger partial charge in [-0.1, -0.05) is 17.7 Å². The Bertz CT molecular complexity index is 1480. The number of nitrogens with zero attached hydrogens (tertiary/aromatic N) is 3. The van der Waals surface area contributed by atoms with Gasteiger partial charge in [0.05, 0.1) is 0 Å². The molecule has 1 aromatic carbocycles. The number of carboxylic acids is 1. The van der Waals surface area contributed by atoms with Gasteiger partial charge in [0.15, 0.2) is 0 Å². The zero-order valence-electron chi connectivity index (χ0n) is 19.6. The molecule has 204 valence electrons. The number of amidine groups is 1. The number of halogens is 4. The maximum absolute atomic E-state index is 13.0. The summed E-state index contributed by atoms with van der Waals surface area (Å²) in [6.45, 7) is 2.16. The third kappa shape index (κ3) is 6.98. The van der Waals surface area contributed by atoms with Gasteiger partial charge in [-0.2, -0.15) is 17.9 Å². The topological polar surface area (TPSA) is 155 Å². The number of hydrogen-bond donors (Lipinski definition) is 3. The highest BCUT2D eigenvalue weighted by molar-refractivity contribution is 7.91. The molecule has 1 amide bonds. The fourth-order valence-corrected chi connectivity index (χ4v) is 6.57. The van der Waals surface area contributed by atoms with Crippen LogP contribution in [-0.4, -0.2) is 66.6 Å². The van der Waals surface area contributed by atoms with Gasteiger partial charge >= 0.3 is 12.1 Å². The summed E-state index contributed by atoms with van der Waals surface area (Å²) in [6.07, 6.45) is -3.12. The Morgan fingerprint density at radius 2 is 2.03 bits per heavy atom. The lowest BCUT2D eigenvalue weighted by atomic mass is 10.2. The van der Waals surface area contributed by atoms with Crippen molar-refractivity contribution in [1.82, 2.24) is 14.6 Å². The van der Waals surface area contributed by atoms with E-state index in [1.807, 2.05) is 0 Å². The standard InChI is InChI=1S/C20H20ClN5O3S2.C2HF3O2/c1-12-14-10-13(21)5-6-17(14)30-20(12)31(28,29)25-16-7-9-26(19(16)27)11-24-18(22)15-4-2-3-8-23-15;3-2(4,5)1(6)7/h2-6,8,10,16,25H,7,9,11H2,1H3,(H2,22,24);(H,6,7)/t16-;/m0./s1. The zero-order valence-corrected chi connectivity index (χ0v) is 22.0. The van der Waals surface area contributed by atoms with Crippen LogP contribution >= 0.6 is 22.9 Å². The zero-order chi connectivity index (χ0) is 28.3. The van der Waals surface area contributed by atoms with Crippen LogP contribution in [0.5, 0.6) is 0 Å². The lowest BCUT2D eigenvalue weighted by Gasteiger charge is -2.15. The van der Waals surface area contributed by atoms with E-state index in [1.54, 1.807) is 49.5 Å². The first kappa shape index (κ1) is 29.3. The van der Waals surface area contributed by atoms with E-state index in [1.165, 1.54) is 4.90 Å². The molecule has 1 atom stereocenters. The Labute approximate surface area is 224 Å². The molecule has 1 saturated heterocycles. The maximum atomic E-state index is 13.0. The molecule has 4 rings (SSSR count). The molecule has 38 heavy (non-hydrogen) atoms. The van der Waals surface area contributed by atoms with E-state index in [0.29, 0.717) is 29.2 Å². The molecule has 3 heterocycles. The Hall–Kier alpha value is -3.27.